The van der Waals surface area contributed by atoms with Gasteiger partial charge < -0.3 is 4.74 Å². The molecule has 0 heterocycles. The van der Waals surface area contributed by atoms with Gasteiger partial charge in [-0.15, -0.1) is 11.8 Å². The Bertz CT molecular complexity index is 353. The van der Waals surface area contributed by atoms with E-state index >= 15 is 0 Å². The summed E-state index contributed by atoms with van der Waals surface area (Å²) in [6, 6.07) is 0. The van der Waals surface area contributed by atoms with Crippen LogP contribution in [0.15, 0.2) is 12.2 Å². The number of hydrogen-bond acceptors (Lipinski definition) is 1. The zero-order valence-electron chi connectivity index (χ0n) is 20.9. The van der Waals surface area contributed by atoms with Crippen LogP contribution in [0.2, 0.25) is 0 Å². The Kier molecular flexibility index (Phi) is 24.7. The molecule has 0 unspecified atom stereocenters. The second-order valence-corrected chi connectivity index (χ2v) is 9.48. The van der Waals surface area contributed by atoms with Crippen molar-refractivity contribution in [3.63, 3.8) is 0 Å². The average molecular weight is 381 g/mol. The first-order chi connectivity index (χ1) is 12.4. The van der Waals surface area contributed by atoms with Crippen LogP contribution in [0.5, 0.6) is 0 Å². The summed E-state index contributed by atoms with van der Waals surface area (Å²) < 4.78 is 5.35. The second-order valence-electron chi connectivity index (χ2n) is 9.48. The van der Waals surface area contributed by atoms with Gasteiger partial charge in [-0.05, 0) is 50.4 Å². The zero-order chi connectivity index (χ0) is 21.8. The quantitative estimate of drug-likeness (QED) is 0.303. The van der Waals surface area contributed by atoms with Crippen molar-refractivity contribution in [2.75, 3.05) is 6.61 Å². The van der Waals surface area contributed by atoms with Crippen LogP contribution in [0.4, 0.5) is 0 Å². The minimum atomic E-state index is 0.392. The predicted molar refractivity (Wildman–Crippen MR) is 126 cm³/mol. The van der Waals surface area contributed by atoms with E-state index in [4.69, 9.17) is 4.74 Å². The molecule has 0 N–H and O–H groups in total. The standard InChI is InChI=1S/C9H18.C9H16.C8H18O/c2*1-8(2)6-5-7-9(3)4;1-7(2)5-6-9-8(3)4/h5-6,8-9H,7H2,1-4H3;8-9H,6H2,1-4H3;7-8H,5-6H2,1-4H3/b6-5+;;. The monoisotopic (exact) mass is 380 g/mol. The Morgan fingerprint density at radius 2 is 1.30 bits per heavy atom. The summed E-state index contributed by atoms with van der Waals surface area (Å²) in [5, 5.41) is 0. The highest BCUT2D eigenvalue weighted by Crippen LogP contribution is 2.02. The van der Waals surface area contributed by atoms with Crippen LogP contribution in [0, 0.1) is 41.4 Å². The molecular weight excluding hydrogens is 328 g/mol. The lowest BCUT2D eigenvalue weighted by molar-refractivity contribution is 0.0710. The van der Waals surface area contributed by atoms with Crippen LogP contribution >= 0.6 is 0 Å². The van der Waals surface area contributed by atoms with Gasteiger partial charge in [0.2, 0.25) is 0 Å². The maximum atomic E-state index is 5.35. The lowest BCUT2D eigenvalue weighted by Crippen LogP contribution is -2.05. The third kappa shape index (κ3) is 45.9. The maximum Gasteiger partial charge on any atom is 0.0518 e. The molecule has 0 atom stereocenters. The Hall–Kier alpha value is -0.740. The summed E-state index contributed by atoms with van der Waals surface area (Å²) in [5.74, 6) is 9.80. The molecule has 0 radical (unpaired) electrons. The van der Waals surface area contributed by atoms with Gasteiger partial charge in [0.25, 0.3) is 0 Å². The van der Waals surface area contributed by atoms with Gasteiger partial charge in [0.15, 0.2) is 0 Å². The fraction of sp³-hybridized carbons (Fsp3) is 0.846. The van der Waals surface area contributed by atoms with Crippen molar-refractivity contribution in [3.05, 3.63) is 12.2 Å². The Morgan fingerprint density at radius 3 is 1.63 bits per heavy atom. The summed E-state index contributed by atoms with van der Waals surface area (Å²) >= 11 is 0. The SMILES string of the molecule is CC(C)/C=C/CC(C)C.CC(C)C#CCC(C)C.CC(C)CCOC(C)C. The van der Waals surface area contributed by atoms with E-state index in [2.05, 4.69) is 107 Å². The first kappa shape index (κ1) is 31.0. The third-order valence-electron chi connectivity index (χ3n) is 3.18. The van der Waals surface area contributed by atoms with Crippen molar-refractivity contribution in [3.8, 4) is 11.8 Å². The molecule has 0 amide bonds. The van der Waals surface area contributed by atoms with E-state index in [0.717, 1.165) is 30.8 Å². The van der Waals surface area contributed by atoms with Crippen molar-refractivity contribution >= 4 is 0 Å². The molecule has 0 rings (SSSR count). The van der Waals surface area contributed by atoms with E-state index in [1.54, 1.807) is 0 Å². The largest absolute Gasteiger partial charge is 0.379 e. The summed E-state index contributed by atoms with van der Waals surface area (Å²) in [5.41, 5.74) is 0. The van der Waals surface area contributed by atoms with E-state index in [1.165, 1.54) is 12.8 Å². The van der Waals surface area contributed by atoms with Crippen molar-refractivity contribution in [1.29, 1.82) is 0 Å². The van der Waals surface area contributed by atoms with Gasteiger partial charge in [0.1, 0.15) is 0 Å². The maximum absolute atomic E-state index is 5.35. The number of hydrogen-bond donors (Lipinski definition) is 0. The van der Waals surface area contributed by atoms with Crippen molar-refractivity contribution in [2.45, 2.75) is 108 Å². The van der Waals surface area contributed by atoms with E-state index < -0.39 is 0 Å². The number of allylic oxidation sites excluding steroid dienone is 2. The van der Waals surface area contributed by atoms with Gasteiger partial charge in [-0.25, -0.2) is 0 Å². The molecular formula is C26H52O. The number of rotatable bonds is 8. The highest BCUT2D eigenvalue weighted by molar-refractivity contribution is 5.01. The van der Waals surface area contributed by atoms with E-state index in [-0.39, 0.29) is 0 Å². The molecule has 0 saturated heterocycles. The predicted octanol–water partition coefficient (Wildman–Crippen LogP) is 8.39. The van der Waals surface area contributed by atoms with Gasteiger partial charge in [0.05, 0.1) is 6.10 Å². The highest BCUT2D eigenvalue weighted by Gasteiger charge is 1.95. The minimum absolute atomic E-state index is 0.392. The highest BCUT2D eigenvalue weighted by atomic mass is 16.5. The van der Waals surface area contributed by atoms with Crippen LogP contribution < -0.4 is 0 Å². The number of ether oxygens (including phenoxy) is 1. The minimum Gasteiger partial charge on any atom is -0.379 e. The van der Waals surface area contributed by atoms with E-state index in [1.807, 2.05) is 0 Å². The third-order valence-corrected chi connectivity index (χ3v) is 3.18. The Morgan fingerprint density at radius 1 is 0.741 bits per heavy atom. The fourth-order valence-corrected chi connectivity index (χ4v) is 1.63. The lowest BCUT2D eigenvalue weighted by atomic mass is 10.1. The average Bonchev–Trinajstić information content (AvgIpc) is 2.46. The first-order valence-electron chi connectivity index (χ1n) is 11.1. The molecule has 162 valence electrons. The molecule has 0 saturated carbocycles. The van der Waals surface area contributed by atoms with Crippen molar-refractivity contribution in [1.82, 2.24) is 0 Å². The van der Waals surface area contributed by atoms with E-state index in [0.29, 0.717) is 17.9 Å². The van der Waals surface area contributed by atoms with Crippen molar-refractivity contribution < 1.29 is 4.74 Å². The zero-order valence-corrected chi connectivity index (χ0v) is 20.9. The molecule has 1 heteroatoms. The fourth-order valence-electron chi connectivity index (χ4n) is 1.63. The molecule has 0 aromatic heterocycles. The molecule has 0 aromatic carbocycles. The smallest absolute Gasteiger partial charge is 0.0518 e. The molecule has 0 spiro atoms. The second kappa shape index (κ2) is 21.6. The molecule has 0 aliphatic carbocycles. The first-order valence-corrected chi connectivity index (χ1v) is 11.1. The molecule has 27 heavy (non-hydrogen) atoms. The van der Waals surface area contributed by atoms with Crippen LogP contribution in [0.3, 0.4) is 0 Å². The molecule has 0 bridgehead atoms. The molecule has 0 aromatic rings. The van der Waals surface area contributed by atoms with E-state index in [9.17, 15) is 0 Å². The Labute approximate surface area is 173 Å². The normalized spacial score (nSPS) is 11.0. The van der Waals surface area contributed by atoms with Crippen LogP contribution in [0.1, 0.15) is 102 Å². The molecule has 0 aliphatic rings. The lowest BCUT2D eigenvalue weighted by Gasteiger charge is -2.08. The summed E-state index contributed by atoms with van der Waals surface area (Å²) in [6.07, 6.45) is 8.37. The summed E-state index contributed by atoms with van der Waals surface area (Å²) in [7, 11) is 0. The van der Waals surface area contributed by atoms with Gasteiger partial charge in [-0.3, -0.25) is 0 Å². The van der Waals surface area contributed by atoms with Crippen molar-refractivity contribution in [2.24, 2.45) is 29.6 Å². The van der Waals surface area contributed by atoms with Gasteiger partial charge >= 0.3 is 0 Å². The molecule has 0 fully saturated rings. The topological polar surface area (TPSA) is 9.23 Å². The van der Waals surface area contributed by atoms with Crippen LogP contribution in [-0.4, -0.2) is 12.7 Å². The van der Waals surface area contributed by atoms with Gasteiger partial charge in [-0.1, -0.05) is 81.4 Å². The molecule has 0 aliphatic heterocycles. The molecule has 1 nitrogen and oxygen atoms in total. The van der Waals surface area contributed by atoms with Gasteiger partial charge in [-0.2, -0.15) is 0 Å². The van der Waals surface area contributed by atoms with Crippen LogP contribution in [-0.2, 0) is 4.74 Å². The van der Waals surface area contributed by atoms with Crippen LogP contribution in [0.25, 0.3) is 0 Å². The summed E-state index contributed by atoms with van der Waals surface area (Å²) in [4.78, 5) is 0. The Balaban J connectivity index is -0.000000320. The van der Waals surface area contributed by atoms with Gasteiger partial charge in [0, 0.05) is 18.9 Å². The summed E-state index contributed by atoms with van der Waals surface area (Å²) in [6.45, 7) is 27.0.